The van der Waals surface area contributed by atoms with E-state index in [1.54, 1.807) is 36.0 Å². The van der Waals surface area contributed by atoms with Gasteiger partial charge in [-0.1, -0.05) is 25.5 Å². The summed E-state index contributed by atoms with van der Waals surface area (Å²) in [4.78, 5) is 24.1. The Hall–Kier alpha value is -2.83. The van der Waals surface area contributed by atoms with Crippen molar-refractivity contribution in [1.82, 2.24) is 14.3 Å². The first-order valence-electron chi connectivity index (χ1n) is 7.49. The molecule has 3 aromatic rings. The second-order valence-electron chi connectivity index (χ2n) is 5.36. The van der Waals surface area contributed by atoms with E-state index in [0.29, 0.717) is 16.9 Å². The molecular formula is C16H18N4O3. The molecule has 0 aliphatic rings. The molecule has 0 radical (unpaired) electrons. The van der Waals surface area contributed by atoms with E-state index in [1.807, 2.05) is 6.07 Å². The number of rotatable bonds is 5. The van der Waals surface area contributed by atoms with E-state index >= 15 is 0 Å². The molecule has 7 nitrogen and oxygen atoms in total. The Morgan fingerprint density at radius 2 is 2.13 bits per heavy atom. The van der Waals surface area contributed by atoms with Crippen molar-refractivity contribution in [3.63, 3.8) is 0 Å². The second-order valence-corrected chi connectivity index (χ2v) is 5.36. The minimum absolute atomic E-state index is 0.107. The lowest BCUT2D eigenvalue weighted by atomic mass is 10.2. The molecular weight excluding hydrogens is 296 g/mol. The standard InChI is InChI=1S/C16H18N4O3/c1-3-6-11-9-14(19(2)18-11)17-15(21)10-20-12-7-4-5-8-13(12)23-16(20)22/h4-5,7-9H,3,6,10H2,1-2H3,(H,17,21). The Morgan fingerprint density at radius 3 is 2.91 bits per heavy atom. The molecule has 2 aromatic heterocycles. The Labute approximate surface area is 132 Å². The highest BCUT2D eigenvalue weighted by atomic mass is 16.4. The predicted octanol–water partition coefficient (Wildman–Crippen LogP) is 1.92. The minimum atomic E-state index is -0.543. The fraction of sp³-hybridized carbons (Fsp3) is 0.312. The molecule has 120 valence electrons. The van der Waals surface area contributed by atoms with Gasteiger partial charge < -0.3 is 9.73 Å². The Kier molecular flexibility index (Phi) is 4.01. The third-order valence-corrected chi connectivity index (χ3v) is 3.58. The summed E-state index contributed by atoms with van der Waals surface area (Å²) in [7, 11) is 1.77. The molecule has 2 heterocycles. The maximum Gasteiger partial charge on any atom is 0.420 e. The fourth-order valence-corrected chi connectivity index (χ4v) is 2.51. The number of benzene rings is 1. The van der Waals surface area contributed by atoms with E-state index < -0.39 is 5.76 Å². The van der Waals surface area contributed by atoms with Crippen molar-refractivity contribution < 1.29 is 9.21 Å². The van der Waals surface area contributed by atoms with Gasteiger partial charge in [0.2, 0.25) is 5.91 Å². The summed E-state index contributed by atoms with van der Waals surface area (Å²) in [6, 6.07) is 8.86. The number of aromatic nitrogens is 3. The molecule has 0 saturated heterocycles. The van der Waals surface area contributed by atoms with Crippen LogP contribution in [0, 0.1) is 0 Å². The van der Waals surface area contributed by atoms with Crippen LogP contribution in [0.5, 0.6) is 0 Å². The van der Waals surface area contributed by atoms with Crippen LogP contribution in [0.3, 0.4) is 0 Å². The van der Waals surface area contributed by atoms with Crippen LogP contribution in [-0.4, -0.2) is 20.3 Å². The predicted molar refractivity (Wildman–Crippen MR) is 86.3 cm³/mol. The normalized spacial score (nSPS) is 11.0. The topological polar surface area (TPSA) is 82.1 Å². The molecule has 0 aliphatic carbocycles. The van der Waals surface area contributed by atoms with Crippen molar-refractivity contribution >= 4 is 22.8 Å². The SMILES string of the molecule is CCCc1cc(NC(=O)Cn2c(=O)oc3ccccc32)n(C)n1. The van der Waals surface area contributed by atoms with Gasteiger partial charge >= 0.3 is 5.76 Å². The van der Waals surface area contributed by atoms with Crippen LogP contribution >= 0.6 is 0 Å². The average molecular weight is 314 g/mol. The van der Waals surface area contributed by atoms with Gasteiger partial charge in [0, 0.05) is 13.1 Å². The molecule has 0 fully saturated rings. The molecule has 3 rings (SSSR count). The molecule has 1 N–H and O–H groups in total. The molecule has 0 spiro atoms. The van der Waals surface area contributed by atoms with Crippen molar-refractivity contribution in [2.75, 3.05) is 5.32 Å². The minimum Gasteiger partial charge on any atom is -0.408 e. The number of amides is 1. The van der Waals surface area contributed by atoms with Crippen LogP contribution in [0.25, 0.3) is 11.1 Å². The van der Waals surface area contributed by atoms with Crippen molar-refractivity contribution in [2.45, 2.75) is 26.3 Å². The summed E-state index contributed by atoms with van der Waals surface area (Å²) in [6.07, 6.45) is 1.84. The molecule has 1 amide bonds. The molecule has 1 aromatic carbocycles. The number of hydrogen-bond acceptors (Lipinski definition) is 4. The first kappa shape index (κ1) is 15.1. The van der Waals surface area contributed by atoms with E-state index in [1.165, 1.54) is 4.57 Å². The molecule has 0 aliphatic heterocycles. The zero-order valence-electron chi connectivity index (χ0n) is 13.1. The fourth-order valence-electron chi connectivity index (χ4n) is 2.51. The summed E-state index contributed by atoms with van der Waals surface area (Å²) in [5.41, 5.74) is 2.00. The average Bonchev–Trinajstić information content (AvgIpc) is 3.00. The van der Waals surface area contributed by atoms with Crippen molar-refractivity contribution in [3.05, 3.63) is 46.6 Å². The van der Waals surface area contributed by atoms with E-state index in [4.69, 9.17) is 4.42 Å². The summed E-state index contributed by atoms with van der Waals surface area (Å²) >= 11 is 0. The summed E-state index contributed by atoms with van der Waals surface area (Å²) < 4.78 is 8.06. The highest BCUT2D eigenvalue weighted by Gasteiger charge is 2.14. The van der Waals surface area contributed by atoms with Gasteiger partial charge in [-0.05, 0) is 18.6 Å². The lowest BCUT2D eigenvalue weighted by Crippen LogP contribution is -2.25. The van der Waals surface area contributed by atoms with Gasteiger partial charge in [0.05, 0.1) is 11.2 Å². The maximum absolute atomic E-state index is 12.2. The molecule has 0 bridgehead atoms. The van der Waals surface area contributed by atoms with Crippen molar-refractivity contribution in [3.8, 4) is 0 Å². The quantitative estimate of drug-likeness (QED) is 0.780. The van der Waals surface area contributed by atoms with Gasteiger partial charge in [-0.2, -0.15) is 5.10 Å². The summed E-state index contributed by atoms with van der Waals surface area (Å²) in [5, 5.41) is 7.11. The van der Waals surface area contributed by atoms with Crippen LogP contribution < -0.4 is 11.1 Å². The van der Waals surface area contributed by atoms with Crippen LogP contribution in [-0.2, 0) is 24.8 Å². The van der Waals surface area contributed by atoms with E-state index in [0.717, 1.165) is 18.5 Å². The van der Waals surface area contributed by atoms with Gasteiger partial charge in [0.25, 0.3) is 0 Å². The number of nitrogens with one attached hydrogen (secondary N) is 1. The lowest BCUT2D eigenvalue weighted by Gasteiger charge is -2.05. The smallest absolute Gasteiger partial charge is 0.408 e. The number of nitrogens with zero attached hydrogens (tertiary/aromatic N) is 3. The van der Waals surface area contributed by atoms with E-state index in [9.17, 15) is 9.59 Å². The van der Waals surface area contributed by atoms with E-state index in [2.05, 4.69) is 17.3 Å². The molecule has 0 saturated carbocycles. The Balaban J connectivity index is 1.79. The van der Waals surface area contributed by atoms with Crippen molar-refractivity contribution in [1.29, 1.82) is 0 Å². The van der Waals surface area contributed by atoms with Crippen molar-refractivity contribution in [2.24, 2.45) is 7.05 Å². The Bertz CT molecular complexity index is 904. The second kappa shape index (κ2) is 6.12. The van der Waals surface area contributed by atoms with Gasteiger partial charge in [-0.25, -0.2) is 4.79 Å². The number of oxazole rings is 1. The molecule has 0 unspecified atom stereocenters. The summed E-state index contributed by atoms with van der Waals surface area (Å²) in [5.74, 6) is -0.234. The zero-order chi connectivity index (χ0) is 16.4. The van der Waals surface area contributed by atoms with Gasteiger partial charge in [0.15, 0.2) is 5.58 Å². The highest BCUT2D eigenvalue weighted by Crippen LogP contribution is 2.13. The number of carbonyl (C=O) groups excluding carboxylic acids is 1. The first-order chi connectivity index (χ1) is 11.1. The third-order valence-electron chi connectivity index (χ3n) is 3.58. The number of fused-ring (bicyclic) bond motifs is 1. The largest absolute Gasteiger partial charge is 0.420 e. The molecule has 0 atom stereocenters. The lowest BCUT2D eigenvalue weighted by molar-refractivity contribution is -0.116. The molecule has 7 heteroatoms. The first-order valence-corrected chi connectivity index (χ1v) is 7.49. The number of aryl methyl sites for hydroxylation is 2. The van der Waals surface area contributed by atoms with Crippen LogP contribution in [0.1, 0.15) is 19.0 Å². The Morgan fingerprint density at radius 1 is 1.35 bits per heavy atom. The molecule has 23 heavy (non-hydrogen) atoms. The number of anilines is 1. The van der Waals surface area contributed by atoms with Gasteiger partial charge in [-0.15, -0.1) is 0 Å². The monoisotopic (exact) mass is 314 g/mol. The van der Waals surface area contributed by atoms with Crippen LogP contribution in [0.2, 0.25) is 0 Å². The summed E-state index contributed by atoms with van der Waals surface area (Å²) in [6.45, 7) is 1.97. The number of carbonyl (C=O) groups is 1. The highest BCUT2D eigenvalue weighted by molar-refractivity contribution is 5.90. The van der Waals surface area contributed by atoms with Crippen LogP contribution in [0.4, 0.5) is 5.82 Å². The third kappa shape index (κ3) is 3.03. The van der Waals surface area contributed by atoms with E-state index in [-0.39, 0.29) is 12.5 Å². The van der Waals surface area contributed by atoms with Gasteiger partial charge in [0.1, 0.15) is 12.4 Å². The van der Waals surface area contributed by atoms with Crippen LogP contribution in [0.15, 0.2) is 39.5 Å². The zero-order valence-corrected chi connectivity index (χ0v) is 13.1. The number of hydrogen-bond donors (Lipinski definition) is 1. The maximum atomic E-state index is 12.2. The number of para-hydroxylation sites is 2. The van der Waals surface area contributed by atoms with Gasteiger partial charge in [-0.3, -0.25) is 14.0 Å².